The van der Waals surface area contributed by atoms with E-state index < -0.39 is 27.9 Å². The monoisotopic (exact) mass is 357 g/mol. The van der Waals surface area contributed by atoms with E-state index in [0.29, 0.717) is 12.8 Å². The molecule has 1 fully saturated rings. The number of benzene rings is 1. The van der Waals surface area contributed by atoms with Crippen molar-refractivity contribution >= 4 is 22.0 Å². The molecule has 0 aromatic heterocycles. The normalized spacial score (nSPS) is 18.8. The second kappa shape index (κ2) is 7.18. The fourth-order valence-corrected chi connectivity index (χ4v) is 4.33. The molecule has 1 aliphatic heterocycles. The van der Waals surface area contributed by atoms with Gasteiger partial charge in [0.15, 0.2) is 0 Å². The van der Waals surface area contributed by atoms with Crippen LogP contribution in [0.3, 0.4) is 0 Å². The van der Waals surface area contributed by atoms with Crippen LogP contribution >= 0.6 is 0 Å². The van der Waals surface area contributed by atoms with Crippen LogP contribution in [-0.4, -0.2) is 57.1 Å². The van der Waals surface area contributed by atoms with Crippen molar-refractivity contribution in [3.05, 3.63) is 23.8 Å². The fourth-order valence-electron chi connectivity index (χ4n) is 2.62. The molecule has 0 bridgehead atoms. The molecule has 8 nitrogen and oxygen atoms in total. The SMILES string of the molecule is COC(=O)c1ccc(OC)c(S(=O)(=O)N2CCCC(C(=O)O)C2)c1. The summed E-state index contributed by atoms with van der Waals surface area (Å²) in [6.07, 6.45) is 0.885. The van der Waals surface area contributed by atoms with Gasteiger partial charge in [0, 0.05) is 13.1 Å². The van der Waals surface area contributed by atoms with Crippen LogP contribution in [0.1, 0.15) is 23.2 Å². The molecule has 1 aromatic carbocycles. The standard InChI is InChI=1S/C15H19NO7S/c1-22-12-6-5-10(15(19)23-2)8-13(12)24(20,21)16-7-3-4-11(9-16)14(17)18/h5-6,8,11H,3-4,7,9H2,1-2H3,(H,17,18). The number of carboxylic acids is 1. The minimum Gasteiger partial charge on any atom is -0.495 e. The lowest BCUT2D eigenvalue weighted by atomic mass is 10.0. The molecule has 24 heavy (non-hydrogen) atoms. The van der Waals surface area contributed by atoms with E-state index in [4.69, 9.17) is 9.84 Å². The highest BCUT2D eigenvalue weighted by atomic mass is 32.2. The number of esters is 1. The predicted molar refractivity (Wildman–Crippen MR) is 83.5 cm³/mol. The molecule has 1 aromatic rings. The number of sulfonamides is 1. The number of nitrogens with zero attached hydrogens (tertiary/aromatic N) is 1. The van der Waals surface area contributed by atoms with Gasteiger partial charge in [0.1, 0.15) is 10.6 Å². The van der Waals surface area contributed by atoms with Gasteiger partial charge >= 0.3 is 11.9 Å². The lowest BCUT2D eigenvalue weighted by molar-refractivity contribution is -0.142. The van der Waals surface area contributed by atoms with Crippen LogP contribution in [0.25, 0.3) is 0 Å². The van der Waals surface area contributed by atoms with Gasteiger partial charge in [0.05, 0.1) is 25.7 Å². The molecule has 2 rings (SSSR count). The van der Waals surface area contributed by atoms with Crippen molar-refractivity contribution in [3.63, 3.8) is 0 Å². The Kier molecular flexibility index (Phi) is 5.45. The van der Waals surface area contributed by atoms with E-state index in [9.17, 15) is 18.0 Å². The third kappa shape index (κ3) is 3.51. The Morgan fingerprint density at radius 2 is 2.00 bits per heavy atom. The summed E-state index contributed by atoms with van der Waals surface area (Å²) in [7, 11) is -1.48. The summed E-state index contributed by atoms with van der Waals surface area (Å²) >= 11 is 0. The molecule has 1 atom stereocenters. The number of piperidine rings is 1. The maximum Gasteiger partial charge on any atom is 0.337 e. The first-order valence-corrected chi connectivity index (χ1v) is 8.74. The molecule has 0 aliphatic carbocycles. The first-order valence-electron chi connectivity index (χ1n) is 7.30. The van der Waals surface area contributed by atoms with Gasteiger partial charge < -0.3 is 14.6 Å². The number of methoxy groups -OCH3 is 2. The molecule has 0 amide bonds. The molecule has 132 valence electrons. The fraction of sp³-hybridized carbons (Fsp3) is 0.467. The van der Waals surface area contributed by atoms with Crippen LogP contribution in [0.5, 0.6) is 5.75 Å². The van der Waals surface area contributed by atoms with E-state index in [2.05, 4.69) is 4.74 Å². The second-order valence-corrected chi connectivity index (χ2v) is 7.30. The molecular weight excluding hydrogens is 338 g/mol. The summed E-state index contributed by atoms with van der Waals surface area (Å²) in [6, 6.07) is 3.96. The first kappa shape index (κ1) is 18.2. The topological polar surface area (TPSA) is 110 Å². The number of ether oxygens (including phenoxy) is 2. The molecule has 0 spiro atoms. The molecule has 1 aliphatic rings. The van der Waals surface area contributed by atoms with Crippen LogP contribution in [-0.2, 0) is 19.6 Å². The number of carbonyl (C=O) groups is 2. The average molecular weight is 357 g/mol. The lowest BCUT2D eigenvalue weighted by Gasteiger charge is -2.30. The van der Waals surface area contributed by atoms with Crippen LogP contribution < -0.4 is 4.74 Å². The van der Waals surface area contributed by atoms with E-state index in [1.54, 1.807) is 0 Å². The summed E-state index contributed by atoms with van der Waals surface area (Å²) in [4.78, 5) is 22.6. The summed E-state index contributed by atoms with van der Waals surface area (Å²) in [6.45, 7) is 0.112. The van der Waals surface area contributed by atoms with E-state index in [1.165, 1.54) is 32.4 Å². The summed E-state index contributed by atoms with van der Waals surface area (Å²) in [5, 5.41) is 9.13. The van der Waals surface area contributed by atoms with Crippen molar-refractivity contribution in [2.45, 2.75) is 17.7 Å². The number of carbonyl (C=O) groups excluding carboxylic acids is 1. The van der Waals surface area contributed by atoms with E-state index in [-0.39, 0.29) is 29.3 Å². The molecular formula is C15H19NO7S. The van der Waals surface area contributed by atoms with Gasteiger partial charge in [-0.2, -0.15) is 4.31 Å². The Hall–Kier alpha value is -2.13. The number of hydrogen-bond acceptors (Lipinski definition) is 6. The Morgan fingerprint density at radius 3 is 2.58 bits per heavy atom. The van der Waals surface area contributed by atoms with Crippen molar-refractivity contribution in [2.75, 3.05) is 27.3 Å². The van der Waals surface area contributed by atoms with Gasteiger partial charge in [-0.25, -0.2) is 13.2 Å². The molecule has 1 unspecified atom stereocenters. The van der Waals surface area contributed by atoms with E-state index in [0.717, 1.165) is 4.31 Å². The highest BCUT2D eigenvalue weighted by molar-refractivity contribution is 7.89. The number of rotatable bonds is 5. The van der Waals surface area contributed by atoms with Crippen molar-refractivity contribution in [2.24, 2.45) is 5.92 Å². The van der Waals surface area contributed by atoms with Gasteiger partial charge in [-0.15, -0.1) is 0 Å². The third-order valence-corrected chi connectivity index (χ3v) is 5.82. The zero-order valence-corrected chi connectivity index (χ0v) is 14.2. The number of carboxylic acid groups (broad SMARTS) is 1. The first-order chi connectivity index (χ1) is 11.3. The Balaban J connectivity index is 2.44. The highest BCUT2D eigenvalue weighted by Crippen LogP contribution is 2.31. The molecule has 1 N–H and O–H groups in total. The molecule has 1 heterocycles. The summed E-state index contributed by atoms with van der Waals surface area (Å²) in [5.41, 5.74) is 0.0728. The van der Waals surface area contributed by atoms with Crippen molar-refractivity contribution in [1.29, 1.82) is 0 Å². The van der Waals surface area contributed by atoms with Gasteiger partial charge in [0.2, 0.25) is 10.0 Å². The van der Waals surface area contributed by atoms with Gasteiger partial charge in [-0.1, -0.05) is 0 Å². The number of aliphatic carboxylic acids is 1. The lowest BCUT2D eigenvalue weighted by Crippen LogP contribution is -2.42. The third-order valence-electron chi connectivity index (χ3n) is 3.94. The molecule has 0 saturated carbocycles. The van der Waals surface area contributed by atoms with Crippen molar-refractivity contribution in [3.8, 4) is 5.75 Å². The Morgan fingerprint density at radius 1 is 1.29 bits per heavy atom. The van der Waals surface area contributed by atoms with Gasteiger partial charge in [0.25, 0.3) is 0 Å². The van der Waals surface area contributed by atoms with Gasteiger partial charge in [-0.3, -0.25) is 4.79 Å². The van der Waals surface area contributed by atoms with Crippen LogP contribution in [0, 0.1) is 5.92 Å². The number of hydrogen-bond donors (Lipinski definition) is 1. The Bertz CT molecular complexity index is 744. The predicted octanol–water partition coefficient (Wildman–Crippen LogP) is 0.967. The summed E-state index contributed by atoms with van der Waals surface area (Å²) < 4.78 is 36.6. The largest absolute Gasteiger partial charge is 0.495 e. The zero-order chi connectivity index (χ0) is 17.9. The second-order valence-electron chi connectivity index (χ2n) is 5.40. The van der Waals surface area contributed by atoms with Crippen molar-refractivity contribution < 1.29 is 32.6 Å². The van der Waals surface area contributed by atoms with Crippen molar-refractivity contribution in [1.82, 2.24) is 4.31 Å². The summed E-state index contributed by atoms with van der Waals surface area (Å²) in [5.74, 6) is -2.36. The van der Waals surface area contributed by atoms with Gasteiger partial charge in [-0.05, 0) is 31.0 Å². The minimum atomic E-state index is -4.00. The highest BCUT2D eigenvalue weighted by Gasteiger charge is 2.35. The van der Waals surface area contributed by atoms with E-state index >= 15 is 0 Å². The van der Waals surface area contributed by atoms with E-state index in [1.807, 2.05) is 0 Å². The maximum absolute atomic E-state index is 12.9. The molecule has 0 radical (unpaired) electrons. The van der Waals surface area contributed by atoms with Crippen LogP contribution in [0.2, 0.25) is 0 Å². The molecule has 9 heteroatoms. The smallest absolute Gasteiger partial charge is 0.337 e. The zero-order valence-electron chi connectivity index (χ0n) is 13.4. The minimum absolute atomic E-state index is 0.0728. The van der Waals surface area contributed by atoms with Crippen LogP contribution in [0.4, 0.5) is 0 Å². The average Bonchev–Trinajstić information content (AvgIpc) is 2.60. The maximum atomic E-state index is 12.9. The Labute approximate surface area is 140 Å². The molecule has 1 saturated heterocycles. The van der Waals surface area contributed by atoms with Crippen LogP contribution in [0.15, 0.2) is 23.1 Å². The quantitative estimate of drug-likeness (QED) is 0.782.